The number of hydrogen-bond donors (Lipinski definition) is 2. The first kappa shape index (κ1) is 9.18. The number of hydrogen-bond acceptors (Lipinski definition) is 3. The SMILES string of the molecule is CCn1cc(CNN)c2cccnc21. The molecule has 2 heterocycles. The summed E-state index contributed by atoms with van der Waals surface area (Å²) in [6.07, 6.45) is 3.91. The summed E-state index contributed by atoms with van der Waals surface area (Å²) < 4.78 is 2.13. The van der Waals surface area contributed by atoms with Crippen LogP contribution in [0.3, 0.4) is 0 Å². The number of rotatable bonds is 3. The number of aryl methyl sites for hydroxylation is 1. The Kier molecular flexibility index (Phi) is 2.47. The standard InChI is InChI=1S/C10H14N4/c1-2-14-7-8(6-13-11)9-4-3-5-12-10(9)14/h3-5,7,13H,2,6,11H2,1H3. The first-order chi connectivity index (χ1) is 6.86. The molecule has 0 bridgehead atoms. The van der Waals surface area contributed by atoms with Gasteiger partial charge in [-0.15, -0.1) is 0 Å². The normalized spacial score (nSPS) is 11.0. The van der Waals surface area contributed by atoms with Gasteiger partial charge in [0.25, 0.3) is 0 Å². The molecule has 0 aromatic carbocycles. The van der Waals surface area contributed by atoms with Gasteiger partial charge in [0.05, 0.1) is 0 Å². The van der Waals surface area contributed by atoms with E-state index in [4.69, 9.17) is 5.84 Å². The molecular formula is C10H14N4. The monoisotopic (exact) mass is 190 g/mol. The molecule has 0 aliphatic carbocycles. The second-order valence-corrected chi connectivity index (χ2v) is 3.20. The molecule has 0 saturated carbocycles. The first-order valence-electron chi connectivity index (χ1n) is 4.73. The van der Waals surface area contributed by atoms with Gasteiger partial charge in [-0.2, -0.15) is 0 Å². The maximum atomic E-state index is 5.32. The Bertz CT molecular complexity index is 433. The summed E-state index contributed by atoms with van der Waals surface area (Å²) in [5, 5.41) is 1.17. The molecule has 74 valence electrons. The smallest absolute Gasteiger partial charge is 0.140 e. The van der Waals surface area contributed by atoms with Crippen molar-refractivity contribution < 1.29 is 0 Å². The molecule has 0 atom stereocenters. The second-order valence-electron chi connectivity index (χ2n) is 3.20. The van der Waals surface area contributed by atoms with Crippen LogP contribution < -0.4 is 11.3 Å². The van der Waals surface area contributed by atoms with Crippen molar-refractivity contribution >= 4 is 11.0 Å². The van der Waals surface area contributed by atoms with Crippen LogP contribution in [-0.4, -0.2) is 9.55 Å². The fraction of sp³-hybridized carbons (Fsp3) is 0.300. The second kappa shape index (κ2) is 3.77. The third-order valence-electron chi connectivity index (χ3n) is 2.35. The number of nitrogens with zero attached hydrogens (tertiary/aromatic N) is 2. The molecule has 0 amide bonds. The molecule has 2 rings (SSSR count). The lowest BCUT2D eigenvalue weighted by Gasteiger charge is -1.96. The molecule has 0 saturated heterocycles. The van der Waals surface area contributed by atoms with E-state index in [1.54, 1.807) is 0 Å². The highest BCUT2D eigenvalue weighted by atomic mass is 15.2. The molecule has 2 aromatic rings. The summed E-state index contributed by atoms with van der Waals surface area (Å²) in [6.45, 7) is 3.71. The van der Waals surface area contributed by atoms with E-state index in [9.17, 15) is 0 Å². The highest BCUT2D eigenvalue weighted by molar-refractivity contribution is 5.80. The maximum Gasteiger partial charge on any atom is 0.140 e. The molecule has 0 aliphatic heterocycles. The Morgan fingerprint density at radius 3 is 3.14 bits per heavy atom. The Labute approximate surface area is 82.7 Å². The zero-order chi connectivity index (χ0) is 9.97. The molecule has 0 fully saturated rings. The topological polar surface area (TPSA) is 55.9 Å². The van der Waals surface area contributed by atoms with E-state index in [0.717, 1.165) is 12.2 Å². The number of pyridine rings is 1. The van der Waals surface area contributed by atoms with Gasteiger partial charge in [-0.1, -0.05) is 0 Å². The Balaban J connectivity index is 2.61. The summed E-state index contributed by atoms with van der Waals surface area (Å²) in [7, 11) is 0. The highest BCUT2D eigenvalue weighted by Gasteiger charge is 2.06. The van der Waals surface area contributed by atoms with Gasteiger partial charge in [-0.05, 0) is 24.6 Å². The molecule has 2 aromatic heterocycles. The van der Waals surface area contributed by atoms with Crippen LogP contribution in [0.5, 0.6) is 0 Å². The van der Waals surface area contributed by atoms with Crippen molar-refractivity contribution in [2.24, 2.45) is 5.84 Å². The largest absolute Gasteiger partial charge is 0.332 e. The van der Waals surface area contributed by atoms with Gasteiger partial charge in [0.1, 0.15) is 5.65 Å². The number of nitrogens with two attached hydrogens (primary N) is 1. The molecule has 0 aliphatic rings. The van der Waals surface area contributed by atoms with Crippen molar-refractivity contribution in [3.8, 4) is 0 Å². The van der Waals surface area contributed by atoms with E-state index in [2.05, 4.69) is 34.2 Å². The van der Waals surface area contributed by atoms with Crippen LogP contribution in [0.2, 0.25) is 0 Å². The van der Waals surface area contributed by atoms with E-state index in [-0.39, 0.29) is 0 Å². The van der Waals surface area contributed by atoms with Gasteiger partial charge in [0.2, 0.25) is 0 Å². The van der Waals surface area contributed by atoms with Crippen LogP contribution in [0.15, 0.2) is 24.5 Å². The zero-order valence-corrected chi connectivity index (χ0v) is 8.20. The van der Waals surface area contributed by atoms with Crippen molar-refractivity contribution in [3.05, 3.63) is 30.1 Å². The highest BCUT2D eigenvalue weighted by Crippen LogP contribution is 2.18. The predicted octanol–water partition coefficient (Wildman–Crippen LogP) is 1.02. The average molecular weight is 190 g/mol. The quantitative estimate of drug-likeness (QED) is 0.561. The minimum Gasteiger partial charge on any atom is -0.332 e. The first-order valence-corrected chi connectivity index (χ1v) is 4.73. The number of hydrazine groups is 1. The molecule has 0 spiro atoms. The van der Waals surface area contributed by atoms with Gasteiger partial charge >= 0.3 is 0 Å². The molecule has 4 nitrogen and oxygen atoms in total. The number of fused-ring (bicyclic) bond motifs is 1. The van der Waals surface area contributed by atoms with Crippen molar-refractivity contribution in [1.29, 1.82) is 0 Å². The molecule has 3 N–H and O–H groups in total. The maximum absolute atomic E-state index is 5.32. The minimum absolute atomic E-state index is 0.676. The zero-order valence-electron chi connectivity index (χ0n) is 8.20. The number of aromatic nitrogens is 2. The summed E-state index contributed by atoms with van der Waals surface area (Å²) in [4.78, 5) is 4.35. The van der Waals surface area contributed by atoms with Crippen LogP contribution >= 0.6 is 0 Å². The molecule has 4 heteroatoms. The fourth-order valence-corrected chi connectivity index (χ4v) is 1.69. The van der Waals surface area contributed by atoms with Crippen molar-refractivity contribution in [2.45, 2.75) is 20.0 Å². The van der Waals surface area contributed by atoms with Gasteiger partial charge in [0.15, 0.2) is 0 Å². The van der Waals surface area contributed by atoms with E-state index >= 15 is 0 Å². The van der Waals surface area contributed by atoms with E-state index in [1.165, 1.54) is 10.9 Å². The van der Waals surface area contributed by atoms with E-state index in [1.807, 2.05) is 12.3 Å². The van der Waals surface area contributed by atoms with Crippen LogP contribution in [0.25, 0.3) is 11.0 Å². The number of nitrogens with one attached hydrogen (secondary N) is 1. The fourth-order valence-electron chi connectivity index (χ4n) is 1.69. The Morgan fingerprint density at radius 2 is 2.43 bits per heavy atom. The lowest BCUT2D eigenvalue weighted by atomic mass is 10.2. The molecule has 0 unspecified atom stereocenters. The van der Waals surface area contributed by atoms with Crippen LogP contribution in [-0.2, 0) is 13.1 Å². The van der Waals surface area contributed by atoms with Crippen molar-refractivity contribution in [2.75, 3.05) is 0 Å². The Hall–Kier alpha value is -1.39. The van der Waals surface area contributed by atoms with E-state index in [0.29, 0.717) is 6.54 Å². The molecule has 0 radical (unpaired) electrons. The van der Waals surface area contributed by atoms with Gasteiger partial charge < -0.3 is 4.57 Å². The van der Waals surface area contributed by atoms with Crippen molar-refractivity contribution in [3.63, 3.8) is 0 Å². The molecular weight excluding hydrogens is 176 g/mol. The minimum atomic E-state index is 0.676. The Morgan fingerprint density at radius 1 is 1.57 bits per heavy atom. The van der Waals surface area contributed by atoms with Gasteiger partial charge in [-0.25, -0.2) is 4.98 Å². The molecule has 14 heavy (non-hydrogen) atoms. The third kappa shape index (κ3) is 1.38. The van der Waals surface area contributed by atoms with Crippen LogP contribution in [0.1, 0.15) is 12.5 Å². The summed E-state index contributed by atoms with van der Waals surface area (Å²) >= 11 is 0. The lowest BCUT2D eigenvalue weighted by molar-refractivity contribution is 0.732. The lowest BCUT2D eigenvalue weighted by Crippen LogP contribution is -2.20. The summed E-state index contributed by atoms with van der Waals surface area (Å²) in [5.41, 5.74) is 4.89. The predicted molar refractivity (Wildman–Crippen MR) is 56.4 cm³/mol. The van der Waals surface area contributed by atoms with E-state index < -0.39 is 0 Å². The summed E-state index contributed by atoms with van der Waals surface area (Å²) in [6, 6.07) is 4.02. The summed E-state index contributed by atoms with van der Waals surface area (Å²) in [5.74, 6) is 5.32. The van der Waals surface area contributed by atoms with Crippen molar-refractivity contribution in [1.82, 2.24) is 15.0 Å². The third-order valence-corrected chi connectivity index (χ3v) is 2.35. The van der Waals surface area contributed by atoms with Gasteiger partial charge in [0, 0.05) is 30.9 Å². The average Bonchev–Trinajstić information content (AvgIpc) is 2.58. The van der Waals surface area contributed by atoms with Crippen LogP contribution in [0, 0.1) is 0 Å². The van der Waals surface area contributed by atoms with Crippen LogP contribution in [0.4, 0.5) is 0 Å². The van der Waals surface area contributed by atoms with Gasteiger partial charge in [-0.3, -0.25) is 11.3 Å².